The fourth-order valence-corrected chi connectivity index (χ4v) is 9.81. The van der Waals surface area contributed by atoms with Gasteiger partial charge in [0.25, 0.3) is 5.91 Å². The zero-order valence-corrected chi connectivity index (χ0v) is 42.5. The van der Waals surface area contributed by atoms with Crippen LogP contribution in [0, 0.1) is 11.3 Å². The maximum absolute atomic E-state index is 14.7. The Bertz CT molecular complexity index is 2770. The van der Waals surface area contributed by atoms with Gasteiger partial charge in [0.15, 0.2) is 0 Å². The molecule has 2 aliphatic rings. The van der Waals surface area contributed by atoms with E-state index in [-0.39, 0.29) is 44.4 Å². The number of likely N-dealkylation sites (N-methyl/N-ethyl adjacent to an activating group) is 1. The quantitative estimate of drug-likeness (QED) is 0.0791. The molecule has 2 aromatic heterocycles. The van der Waals surface area contributed by atoms with E-state index in [2.05, 4.69) is 87.4 Å². The molecule has 0 aliphatic carbocycles. The first-order valence-corrected chi connectivity index (χ1v) is 24.4. The molecule has 1 saturated heterocycles. The Balaban J connectivity index is 1.19. The smallest absolute Gasteiger partial charge is 0.324 e. The summed E-state index contributed by atoms with van der Waals surface area (Å²) in [6.07, 6.45) is 5.44. The molecule has 0 spiro atoms. The largest absolute Gasteiger partial charge is 0.496 e. The van der Waals surface area contributed by atoms with Crippen LogP contribution < -0.4 is 20.2 Å². The van der Waals surface area contributed by atoms with Crippen molar-refractivity contribution in [3.8, 4) is 33.9 Å². The molecule has 4 heterocycles. The lowest BCUT2D eigenvalue weighted by Crippen LogP contribution is -2.62. The Hall–Kier alpha value is -6.87. The van der Waals surface area contributed by atoms with Crippen molar-refractivity contribution in [1.29, 1.82) is 0 Å². The van der Waals surface area contributed by atoms with E-state index in [4.69, 9.17) is 18.9 Å². The van der Waals surface area contributed by atoms with Crippen LogP contribution >= 0.6 is 0 Å². The molecule has 3 atom stereocenters. The average Bonchev–Trinajstić information content (AvgIpc) is 3.67. The van der Waals surface area contributed by atoms with Crippen molar-refractivity contribution in [1.82, 2.24) is 30.2 Å². The maximum Gasteiger partial charge on any atom is 0.324 e. The van der Waals surface area contributed by atoms with Crippen LogP contribution in [0.5, 0.6) is 11.5 Å². The summed E-state index contributed by atoms with van der Waals surface area (Å²) >= 11 is 0. The highest BCUT2D eigenvalue weighted by atomic mass is 16.5. The Kier molecular flexibility index (Phi) is 17.1. The topological polar surface area (TPSA) is 178 Å². The Labute approximate surface area is 416 Å². The van der Waals surface area contributed by atoms with Crippen molar-refractivity contribution < 1.29 is 38.1 Å². The van der Waals surface area contributed by atoms with Gasteiger partial charge in [-0.15, -0.1) is 0 Å². The zero-order valence-electron chi connectivity index (χ0n) is 42.5. The number of amides is 3. The monoisotopic (exact) mass is 969 g/mol. The second-order valence-electron chi connectivity index (χ2n) is 19.4. The molecule has 16 nitrogen and oxygen atoms in total. The lowest BCUT2D eigenvalue weighted by Gasteiger charge is -2.36. The third-order valence-electron chi connectivity index (χ3n) is 13.3. The van der Waals surface area contributed by atoms with Gasteiger partial charge in [-0.1, -0.05) is 64.1 Å². The number of aliphatic imine (C=N–C) groups is 2. The minimum Gasteiger partial charge on any atom is -0.496 e. The van der Waals surface area contributed by atoms with Crippen molar-refractivity contribution >= 4 is 40.6 Å². The molecule has 376 valence electrons. The van der Waals surface area contributed by atoms with Crippen LogP contribution in [0.2, 0.25) is 0 Å². The van der Waals surface area contributed by atoms with Crippen molar-refractivity contribution in [2.45, 2.75) is 105 Å². The molecule has 3 aromatic carbocycles. The number of nitrogens with zero attached hydrogens (tertiary/aromatic N) is 6. The van der Waals surface area contributed by atoms with Gasteiger partial charge in [0.2, 0.25) is 11.8 Å². The number of rotatable bonds is 15. The highest BCUT2D eigenvalue weighted by Crippen LogP contribution is 2.41. The van der Waals surface area contributed by atoms with Crippen LogP contribution in [-0.4, -0.2) is 115 Å². The number of benzene rings is 3. The maximum atomic E-state index is 14.7. The highest BCUT2D eigenvalue weighted by Gasteiger charge is 2.37. The Morgan fingerprint density at radius 3 is 2.48 bits per heavy atom. The number of fused-ring (bicyclic) bond motifs is 6. The number of hydrogen-bond acceptors (Lipinski definition) is 12. The number of methoxy groups -OCH3 is 3. The molecule has 2 aliphatic heterocycles. The number of carbonyl (C=O) groups excluding carboxylic acids is 4. The molecule has 16 heteroatoms. The number of aromatic nitrogens is 2. The molecule has 0 radical (unpaired) electrons. The van der Waals surface area contributed by atoms with Gasteiger partial charge in [0.05, 0.1) is 57.8 Å². The summed E-state index contributed by atoms with van der Waals surface area (Å²) < 4.78 is 25.0. The second-order valence-corrected chi connectivity index (χ2v) is 19.4. The van der Waals surface area contributed by atoms with E-state index in [0.717, 1.165) is 55.5 Å². The zero-order chi connectivity index (χ0) is 50.8. The number of cyclic esters (lactones) is 1. The first-order chi connectivity index (χ1) is 34.2. The van der Waals surface area contributed by atoms with Crippen molar-refractivity contribution in [3.05, 3.63) is 101 Å². The number of carbonyl (C=O) groups is 4. The first-order valence-electron chi connectivity index (χ1n) is 24.4. The summed E-state index contributed by atoms with van der Waals surface area (Å²) in [5.41, 5.74) is 11.4. The Morgan fingerprint density at radius 1 is 1.01 bits per heavy atom. The lowest BCUT2D eigenvalue weighted by atomic mass is 9.84. The standard InChI is InChI=1S/C55H68N8O8/c1-10-62-46-20-19-38-28-40(46)41(51(62)42-30-56-23-21-39(42)32-68-7)29-55(4,5)33-71-54(67)44-16-13-25-63(60-44)53(66)45(27-36-14-11-15-37(38)26-36)59-52(65)50(35(2)3)61(6)49(64)22-24-57-34-58-31-43-47(69-8)17-12-18-48(43)70-9/h11-12,14-15,17-21,23,26,28,30,35,44-45,50,60H,10,13,16,22,24-25,27,29,31-33H2,1-9H3,(H,59,65)/t44-,45-,50?/m0/s1. The number of pyridine rings is 1. The van der Waals surface area contributed by atoms with E-state index in [0.29, 0.717) is 50.5 Å². The number of hydrogen-bond donors (Lipinski definition) is 2. The molecule has 1 unspecified atom stereocenters. The van der Waals surface area contributed by atoms with Crippen molar-refractivity contribution in [2.75, 3.05) is 48.1 Å². The summed E-state index contributed by atoms with van der Waals surface area (Å²) in [4.78, 5) is 71.3. The molecule has 5 aromatic rings. The first kappa shape index (κ1) is 52.0. The van der Waals surface area contributed by atoms with Crippen molar-refractivity contribution in [3.63, 3.8) is 0 Å². The third-order valence-corrected chi connectivity index (χ3v) is 13.3. The summed E-state index contributed by atoms with van der Waals surface area (Å²) in [7, 11) is 6.43. The minimum atomic E-state index is -1.05. The van der Waals surface area contributed by atoms with Gasteiger partial charge in [-0.25, -0.2) is 15.4 Å². The molecular weight excluding hydrogens is 901 g/mol. The molecular formula is C55H68N8O8. The second kappa shape index (κ2) is 23.4. The van der Waals surface area contributed by atoms with E-state index < -0.39 is 41.3 Å². The molecule has 2 N–H and O–H groups in total. The van der Waals surface area contributed by atoms with Gasteiger partial charge in [-0.2, -0.15) is 0 Å². The minimum absolute atomic E-state index is 0.00506. The molecule has 3 amide bonds. The fraction of sp³-hybridized carbons (Fsp3) is 0.455. The summed E-state index contributed by atoms with van der Waals surface area (Å²) in [6, 6.07) is 21.9. The number of nitrogens with one attached hydrogen (secondary N) is 2. The fourth-order valence-electron chi connectivity index (χ4n) is 9.81. The Morgan fingerprint density at radius 2 is 1.76 bits per heavy atom. The predicted octanol–water partition coefficient (Wildman–Crippen LogP) is 7.45. The predicted molar refractivity (Wildman–Crippen MR) is 273 cm³/mol. The third kappa shape index (κ3) is 12.0. The van der Waals surface area contributed by atoms with E-state index in [1.807, 2.05) is 56.4 Å². The molecule has 1 fully saturated rings. The van der Waals surface area contributed by atoms with Gasteiger partial charge >= 0.3 is 5.97 Å². The van der Waals surface area contributed by atoms with Crippen LogP contribution in [0.1, 0.15) is 76.1 Å². The van der Waals surface area contributed by atoms with E-state index >= 15 is 0 Å². The summed E-state index contributed by atoms with van der Waals surface area (Å²) in [5, 5.41) is 5.57. The van der Waals surface area contributed by atoms with Crippen LogP contribution in [0.4, 0.5) is 0 Å². The molecule has 6 bridgehead atoms. The van der Waals surface area contributed by atoms with Crippen LogP contribution in [0.15, 0.2) is 89.1 Å². The van der Waals surface area contributed by atoms with E-state index in [1.54, 1.807) is 34.6 Å². The van der Waals surface area contributed by atoms with Crippen LogP contribution in [-0.2, 0) is 61.2 Å². The van der Waals surface area contributed by atoms with Gasteiger partial charge in [-0.05, 0) is 90.3 Å². The molecule has 71 heavy (non-hydrogen) atoms. The number of hydrazine groups is 1. The summed E-state index contributed by atoms with van der Waals surface area (Å²) in [5.74, 6) is -0.698. The SMILES string of the molecule is CCn1c(-c2cnccc2COC)c2c3cc(ccc31)-c1cccc(c1)C[C@H](NC(=O)C(C(C)C)N(C)C(=O)CCN=C=NCc1c(OC)cccc1OC)C(=O)N1CCC[C@H](N1)C(=O)OCC(C)(C)C2. The van der Waals surface area contributed by atoms with Crippen molar-refractivity contribution in [2.24, 2.45) is 21.3 Å². The highest BCUT2D eigenvalue weighted by molar-refractivity contribution is 5.96. The molecule has 0 saturated carbocycles. The van der Waals surface area contributed by atoms with Gasteiger partial charge in [0, 0.05) is 74.4 Å². The van der Waals surface area contributed by atoms with Gasteiger partial charge in [-0.3, -0.25) is 29.2 Å². The van der Waals surface area contributed by atoms with E-state index in [9.17, 15) is 19.2 Å². The number of ether oxygens (including phenoxy) is 4. The summed E-state index contributed by atoms with van der Waals surface area (Å²) in [6.45, 7) is 12.0. The van der Waals surface area contributed by atoms with Crippen LogP contribution in [0.25, 0.3) is 33.3 Å². The lowest BCUT2D eigenvalue weighted by molar-refractivity contribution is -0.155. The average molecular weight is 969 g/mol. The number of esters is 1. The van der Waals surface area contributed by atoms with Crippen LogP contribution in [0.3, 0.4) is 0 Å². The number of aryl methyl sites for hydroxylation is 1. The molecule has 7 rings (SSSR count). The van der Waals surface area contributed by atoms with Gasteiger partial charge < -0.3 is 33.7 Å². The van der Waals surface area contributed by atoms with Gasteiger partial charge in [0.1, 0.15) is 29.6 Å². The normalized spacial score (nSPS) is 17.4. The van der Waals surface area contributed by atoms with E-state index in [1.165, 1.54) is 9.91 Å².